The van der Waals surface area contributed by atoms with Crippen LogP contribution in [0.2, 0.25) is 0 Å². The van der Waals surface area contributed by atoms with Gasteiger partial charge in [0.05, 0.1) is 5.52 Å². The van der Waals surface area contributed by atoms with Crippen LogP contribution in [0.1, 0.15) is 32.1 Å². The topological polar surface area (TPSA) is 50.2 Å². The van der Waals surface area contributed by atoms with E-state index in [9.17, 15) is 4.79 Å². The maximum Gasteiger partial charge on any atom is 0.239 e. The van der Waals surface area contributed by atoms with E-state index in [0.29, 0.717) is 19.1 Å². The number of para-hydroxylation sites is 1. The molecule has 0 spiro atoms. The number of fused-ring (bicyclic) bond motifs is 2. The fourth-order valence-corrected chi connectivity index (χ4v) is 5.02. The van der Waals surface area contributed by atoms with Crippen LogP contribution in [0.3, 0.4) is 0 Å². The van der Waals surface area contributed by atoms with Gasteiger partial charge in [-0.3, -0.25) is 9.78 Å². The maximum absolute atomic E-state index is 12.7. The third-order valence-corrected chi connectivity index (χ3v) is 7.00. The molecule has 0 saturated heterocycles. The fourth-order valence-electron chi connectivity index (χ4n) is 5.02. The largest absolute Gasteiger partial charge is 0.353 e. The van der Waals surface area contributed by atoms with Crippen molar-refractivity contribution in [2.75, 3.05) is 20.1 Å². The molecule has 0 bridgehead atoms. The van der Waals surface area contributed by atoms with E-state index in [1.54, 1.807) is 0 Å². The highest BCUT2D eigenvalue weighted by atomic mass is 16.1. The number of aromatic nitrogens is 2. The first-order valence-corrected chi connectivity index (χ1v) is 12.1. The van der Waals surface area contributed by atoms with Gasteiger partial charge in [0, 0.05) is 48.0 Å². The van der Waals surface area contributed by atoms with E-state index in [2.05, 4.69) is 58.6 Å². The summed E-state index contributed by atoms with van der Waals surface area (Å²) in [6.45, 7) is 1.93. The standard InChI is InChI=1S/C28H32N4O/c1-31(25-8-3-2-4-9-25)16-14-29-28(33)20-32-15-13-21-11-12-22(18-27(21)32)24-17-23-7-5-6-10-26(23)30-19-24/h5-7,10-13,15,17-19,25H,2-4,8-9,14,16,20H2,1H3,(H,29,33). The molecule has 1 fully saturated rings. The Balaban J connectivity index is 1.25. The smallest absolute Gasteiger partial charge is 0.239 e. The SMILES string of the molecule is CN(CCNC(=O)Cn1ccc2ccc(-c3cnc4ccccc4c3)cc21)C1CCCCC1. The zero-order chi connectivity index (χ0) is 22.6. The number of carbonyl (C=O) groups excluding carboxylic acids is 1. The lowest BCUT2D eigenvalue weighted by Crippen LogP contribution is -2.40. The number of nitrogens with zero attached hydrogens (tertiary/aromatic N) is 3. The van der Waals surface area contributed by atoms with Crippen molar-refractivity contribution in [3.63, 3.8) is 0 Å². The maximum atomic E-state index is 12.7. The van der Waals surface area contributed by atoms with Gasteiger partial charge in [-0.05, 0) is 55.1 Å². The van der Waals surface area contributed by atoms with Gasteiger partial charge in [0.15, 0.2) is 0 Å². The lowest BCUT2D eigenvalue weighted by atomic mass is 9.94. The van der Waals surface area contributed by atoms with Crippen molar-refractivity contribution in [2.24, 2.45) is 0 Å². The van der Waals surface area contributed by atoms with E-state index in [4.69, 9.17) is 0 Å². The lowest BCUT2D eigenvalue weighted by molar-refractivity contribution is -0.121. The van der Waals surface area contributed by atoms with Crippen molar-refractivity contribution >= 4 is 27.7 Å². The Morgan fingerprint density at radius 1 is 1.03 bits per heavy atom. The van der Waals surface area contributed by atoms with Crippen molar-refractivity contribution in [1.82, 2.24) is 19.8 Å². The zero-order valence-corrected chi connectivity index (χ0v) is 19.3. The molecule has 5 rings (SSSR count). The fraction of sp³-hybridized carbons (Fsp3) is 0.357. The molecule has 2 aromatic carbocycles. The van der Waals surface area contributed by atoms with Gasteiger partial charge in [0.2, 0.25) is 5.91 Å². The highest BCUT2D eigenvalue weighted by Gasteiger charge is 2.17. The Kier molecular flexibility index (Phi) is 6.40. The summed E-state index contributed by atoms with van der Waals surface area (Å²) >= 11 is 0. The van der Waals surface area contributed by atoms with Crippen LogP contribution in [0.25, 0.3) is 32.9 Å². The predicted octanol–water partition coefficient (Wildman–Crippen LogP) is 5.24. The number of hydrogen-bond donors (Lipinski definition) is 1. The molecule has 2 aromatic heterocycles. The molecule has 5 nitrogen and oxygen atoms in total. The quantitative estimate of drug-likeness (QED) is 0.428. The molecule has 2 heterocycles. The van der Waals surface area contributed by atoms with Crippen LogP contribution < -0.4 is 5.32 Å². The molecule has 4 aromatic rings. The van der Waals surface area contributed by atoms with Gasteiger partial charge in [-0.1, -0.05) is 49.6 Å². The number of rotatable bonds is 7. The molecule has 0 unspecified atom stereocenters. The summed E-state index contributed by atoms with van der Waals surface area (Å²) in [4.78, 5) is 19.7. The molecule has 33 heavy (non-hydrogen) atoms. The first-order valence-electron chi connectivity index (χ1n) is 12.1. The number of carbonyl (C=O) groups is 1. The number of nitrogens with one attached hydrogen (secondary N) is 1. The van der Waals surface area contributed by atoms with Crippen molar-refractivity contribution in [1.29, 1.82) is 0 Å². The normalized spacial score (nSPS) is 14.8. The number of hydrogen-bond acceptors (Lipinski definition) is 3. The van der Waals surface area contributed by atoms with Crippen LogP contribution >= 0.6 is 0 Å². The van der Waals surface area contributed by atoms with E-state index < -0.39 is 0 Å². The summed E-state index contributed by atoms with van der Waals surface area (Å²) in [5.74, 6) is 0.0577. The van der Waals surface area contributed by atoms with Crippen molar-refractivity contribution in [3.05, 3.63) is 67.0 Å². The molecule has 1 amide bonds. The van der Waals surface area contributed by atoms with Gasteiger partial charge >= 0.3 is 0 Å². The van der Waals surface area contributed by atoms with Crippen molar-refractivity contribution in [3.8, 4) is 11.1 Å². The third-order valence-electron chi connectivity index (χ3n) is 7.00. The monoisotopic (exact) mass is 440 g/mol. The van der Waals surface area contributed by atoms with E-state index in [0.717, 1.165) is 39.5 Å². The van der Waals surface area contributed by atoms with Gasteiger partial charge in [0.1, 0.15) is 6.54 Å². The summed E-state index contributed by atoms with van der Waals surface area (Å²) in [5, 5.41) is 5.37. The first kappa shape index (κ1) is 21.7. The van der Waals surface area contributed by atoms with Gasteiger partial charge in [-0.15, -0.1) is 0 Å². The second-order valence-corrected chi connectivity index (χ2v) is 9.26. The zero-order valence-electron chi connectivity index (χ0n) is 19.3. The number of benzene rings is 2. The molecule has 1 aliphatic carbocycles. The van der Waals surface area contributed by atoms with Crippen molar-refractivity contribution < 1.29 is 4.79 Å². The van der Waals surface area contributed by atoms with Crippen LogP contribution in [-0.2, 0) is 11.3 Å². The molecule has 1 N–H and O–H groups in total. The highest BCUT2D eigenvalue weighted by Crippen LogP contribution is 2.27. The molecule has 170 valence electrons. The molecule has 1 saturated carbocycles. The van der Waals surface area contributed by atoms with Gasteiger partial charge in [-0.25, -0.2) is 0 Å². The third kappa shape index (κ3) is 4.93. The van der Waals surface area contributed by atoms with Crippen LogP contribution in [-0.4, -0.2) is 46.5 Å². The van der Waals surface area contributed by atoms with Gasteiger partial charge < -0.3 is 14.8 Å². The average Bonchev–Trinajstić information content (AvgIpc) is 3.26. The van der Waals surface area contributed by atoms with Crippen molar-refractivity contribution in [2.45, 2.75) is 44.7 Å². The molecule has 0 aliphatic heterocycles. The van der Waals surface area contributed by atoms with E-state index >= 15 is 0 Å². The minimum absolute atomic E-state index is 0.0577. The molecule has 0 radical (unpaired) electrons. The Hall–Kier alpha value is -3.18. The lowest BCUT2D eigenvalue weighted by Gasteiger charge is -2.31. The van der Waals surface area contributed by atoms with Crippen LogP contribution in [0.4, 0.5) is 0 Å². The van der Waals surface area contributed by atoms with Gasteiger partial charge in [-0.2, -0.15) is 0 Å². The van der Waals surface area contributed by atoms with Crippen LogP contribution in [0, 0.1) is 0 Å². The second-order valence-electron chi connectivity index (χ2n) is 9.26. The molecule has 1 aliphatic rings. The summed E-state index contributed by atoms with van der Waals surface area (Å²) in [6.07, 6.45) is 10.5. The Morgan fingerprint density at radius 2 is 1.88 bits per heavy atom. The summed E-state index contributed by atoms with van der Waals surface area (Å²) < 4.78 is 2.04. The molecule has 5 heteroatoms. The second kappa shape index (κ2) is 9.75. The first-order chi connectivity index (χ1) is 16.2. The number of pyridine rings is 1. The minimum atomic E-state index is 0.0577. The summed E-state index contributed by atoms with van der Waals surface area (Å²) in [7, 11) is 2.19. The minimum Gasteiger partial charge on any atom is -0.353 e. The van der Waals surface area contributed by atoms with E-state index in [1.165, 1.54) is 32.1 Å². The molecule has 0 atom stereocenters. The van der Waals surface area contributed by atoms with E-state index in [-0.39, 0.29) is 5.91 Å². The Labute approximate surface area is 195 Å². The Bertz CT molecular complexity index is 1260. The average molecular weight is 441 g/mol. The highest BCUT2D eigenvalue weighted by molar-refractivity contribution is 5.89. The van der Waals surface area contributed by atoms with E-state index in [1.807, 2.05) is 35.2 Å². The number of amides is 1. The summed E-state index contributed by atoms with van der Waals surface area (Å²) in [5.41, 5.74) is 4.25. The van der Waals surface area contributed by atoms with Crippen LogP contribution in [0.15, 0.2) is 67.0 Å². The summed E-state index contributed by atoms with van der Waals surface area (Å²) in [6, 6.07) is 19.5. The number of likely N-dealkylation sites (N-methyl/N-ethyl adjacent to an activating group) is 1. The molecular weight excluding hydrogens is 408 g/mol. The van der Waals surface area contributed by atoms with Crippen LogP contribution in [0.5, 0.6) is 0 Å². The molecular formula is C28H32N4O. The van der Waals surface area contributed by atoms with Gasteiger partial charge in [0.25, 0.3) is 0 Å². The Morgan fingerprint density at radius 3 is 2.76 bits per heavy atom. The predicted molar refractivity (Wildman–Crippen MR) is 135 cm³/mol.